The van der Waals surface area contributed by atoms with E-state index in [1.165, 1.54) is 42.9 Å². The Kier molecular flexibility index (Phi) is 4.45. The molecule has 1 saturated heterocycles. The minimum atomic E-state index is 0.519. The largest absolute Gasteiger partial charge is 0.382 e. The van der Waals surface area contributed by atoms with E-state index in [0.717, 1.165) is 16.4 Å². The van der Waals surface area contributed by atoms with Gasteiger partial charge in [0.15, 0.2) is 0 Å². The van der Waals surface area contributed by atoms with E-state index < -0.39 is 0 Å². The van der Waals surface area contributed by atoms with Crippen LogP contribution in [0, 0.1) is 12.8 Å². The van der Waals surface area contributed by atoms with Crippen molar-refractivity contribution < 1.29 is 0 Å². The standard InChI is InChI=1S/C17H25N3S/c1-4-20-9-5-6-14(11-20)12(2)18-15-7-8-16-17(10-15)21-13(3)19-16/h7-8,10,12,14,18H,4-6,9,11H2,1-3H3. The van der Waals surface area contributed by atoms with Gasteiger partial charge in [0.25, 0.3) is 0 Å². The Labute approximate surface area is 131 Å². The molecule has 1 aromatic heterocycles. The number of benzene rings is 1. The second-order valence-corrected chi connectivity index (χ2v) is 7.38. The lowest BCUT2D eigenvalue weighted by Crippen LogP contribution is -2.41. The average Bonchev–Trinajstić information content (AvgIpc) is 2.86. The van der Waals surface area contributed by atoms with E-state index in [0.29, 0.717) is 6.04 Å². The maximum absolute atomic E-state index is 4.53. The molecule has 0 radical (unpaired) electrons. The maximum atomic E-state index is 4.53. The highest BCUT2D eigenvalue weighted by Gasteiger charge is 2.23. The predicted molar refractivity (Wildman–Crippen MR) is 92.3 cm³/mol. The molecule has 1 aliphatic heterocycles. The fraction of sp³-hybridized carbons (Fsp3) is 0.588. The molecular formula is C17H25N3S. The molecule has 114 valence electrons. The number of piperidine rings is 1. The van der Waals surface area contributed by atoms with Crippen LogP contribution in [-0.4, -0.2) is 35.6 Å². The Bertz CT molecular complexity index is 607. The van der Waals surface area contributed by atoms with Gasteiger partial charge < -0.3 is 10.2 Å². The summed E-state index contributed by atoms with van der Waals surface area (Å²) >= 11 is 1.77. The lowest BCUT2D eigenvalue weighted by Gasteiger charge is -2.35. The van der Waals surface area contributed by atoms with Crippen molar-refractivity contribution in [2.75, 3.05) is 25.0 Å². The van der Waals surface area contributed by atoms with Crippen LogP contribution in [0.3, 0.4) is 0 Å². The summed E-state index contributed by atoms with van der Waals surface area (Å²) < 4.78 is 1.28. The fourth-order valence-electron chi connectivity index (χ4n) is 3.30. The number of hydrogen-bond acceptors (Lipinski definition) is 4. The second-order valence-electron chi connectivity index (χ2n) is 6.14. The monoisotopic (exact) mass is 303 g/mol. The van der Waals surface area contributed by atoms with Crippen LogP contribution in [0.2, 0.25) is 0 Å². The molecule has 0 saturated carbocycles. The molecule has 1 N–H and O–H groups in total. The molecule has 2 atom stereocenters. The average molecular weight is 303 g/mol. The van der Waals surface area contributed by atoms with E-state index >= 15 is 0 Å². The summed E-state index contributed by atoms with van der Waals surface area (Å²) in [5.41, 5.74) is 2.35. The molecule has 3 rings (SSSR count). The molecule has 21 heavy (non-hydrogen) atoms. The predicted octanol–water partition coefficient (Wildman–Crippen LogP) is 4.14. The van der Waals surface area contributed by atoms with Gasteiger partial charge >= 0.3 is 0 Å². The van der Waals surface area contributed by atoms with E-state index in [-0.39, 0.29) is 0 Å². The number of thiazole rings is 1. The number of nitrogens with one attached hydrogen (secondary N) is 1. The number of anilines is 1. The van der Waals surface area contributed by atoms with Crippen molar-refractivity contribution in [3.63, 3.8) is 0 Å². The van der Waals surface area contributed by atoms with Crippen LogP contribution in [-0.2, 0) is 0 Å². The molecule has 2 unspecified atom stereocenters. The van der Waals surface area contributed by atoms with Crippen molar-refractivity contribution in [3.05, 3.63) is 23.2 Å². The number of fused-ring (bicyclic) bond motifs is 1. The van der Waals surface area contributed by atoms with Gasteiger partial charge in [0, 0.05) is 18.3 Å². The lowest BCUT2D eigenvalue weighted by atomic mass is 9.91. The van der Waals surface area contributed by atoms with Crippen molar-refractivity contribution in [3.8, 4) is 0 Å². The molecule has 1 aliphatic rings. The van der Waals surface area contributed by atoms with Crippen LogP contribution < -0.4 is 5.32 Å². The van der Waals surface area contributed by atoms with Gasteiger partial charge in [-0.1, -0.05) is 6.92 Å². The van der Waals surface area contributed by atoms with Gasteiger partial charge in [0.2, 0.25) is 0 Å². The summed E-state index contributed by atoms with van der Waals surface area (Å²) in [5.74, 6) is 0.748. The summed E-state index contributed by atoms with van der Waals surface area (Å²) in [5, 5.41) is 4.85. The molecule has 2 heterocycles. The van der Waals surface area contributed by atoms with Crippen LogP contribution in [0.25, 0.3) is 10.2 Å². The second kappa shape index (κ2) is 6.32. The first-order valence-corrected chi connectivity index (χ1v) is 8.83. The Morgan fingerprint density at radius 1 is 1.48 bits per heavy atom. The highest BCUT2D eigenvalue weighted by molar-refractivity contribution is 7.18. The van der Waals surface area contributed by atoms with Gasteiger partial charge in [-0.15, -0.1) is 11.3 Å². The van der Waals surface area contributed by atoms with Crippen molar-refractivity contribution in [2.45, 2.75) is 39.7 Å². The Balaban J connectivity index is 1.68. The molecule has 0 amide bonds. The SMILES string of the molecule is CCN1CCCC(C(C)Nc2ccc3nc(C)sc3c2)C1. The molecular weight excluding hydrogens is 278 g/mol. The minimum Gasteiger partial charge on any atom is -0.382 e. The van der Waals surface area contributed by atoms with E-state index in [4.69, 9.17) is 0 Å². The van der Waals surface area contributed by atoms with Gasteiger partial charge in [0.05, 0.1) is 15.2 Å². The summed E-state index contributed by atoms with van der Waals surface area (Å²) in [6.45, 7) is 10.3. The van der Waals surface area contributed by atoms with E-state index in [1.807, 2.05) is 0 Å². The third kappa shape index (κ3) is 3.38. The highest BCUT2D eigenvalue weighted by Crippen LogP contribution is 2.27. The third-order valence-electron chi connectivity index (χ3n) is 4.59. The van der Waals surface area contributed by atoms with Crippen molar-refractivity contribution in [1.82, 2.24) is 9.88 Å². The van der Waals surface area contributed by atoms with E-state index in [9.17, 15) is 0 Å². The first-order chi connectivity index (χ1) is 10.2. The maximum Gasteiger partial charge on any atom is 0.0907 e. The molecule has 4 heteroatoms. The van der Waals surface area contributed by atoms with Gasteiger partial charge in [-0.25, -0.2) is 4.98 Å². The van der Waals surface area contributed by atoms with Crippen LogP contribution in [0.1, 0.15) is 31.7 Å². The lowest BCUT2D eigenvalue weighted by molar-refractivity contribution is 0.172. The minimum absolute atomic E-state index is 0.519. The molecule has 0 bridgehead atoms. The highest BCUT2D eigenvalue weighted by atomic mass is 32.1. The van der Waals surface area contributed by atoms with Crippen molar-refractivity contribution >= 4 is 27.2 Å². The van der Waals surface area contributed by atoms with Gasteiger partial charge in [-0.05, 0) is 63.9 Å². The molecule has 0 aliphatic carbocycles. The zero-order valence-corrected chi connectivity index (χ0v) is 14.0. The molecule has 1 fully saturated rings. The third-order valence-corrected chi connectivity index (χ3v) is 5.52. The van der Waals surface area contributed by atoms with Crippen molar-refractivity contribution in [1.29, 1.82) is 0 Å². The van der Waals surface area contributed by atoms with Gasteiger partial charge in [-0.3, -0.25) is 0 Å². The summed E-state index contributed by atoms with van der Waals surface area (Å²) in [4.78, 5) is 7.10. The Hall–Kier alpha value is -1.13. The zero-order chi connectivity index (χ0) is 14.8. The number of likely N-dealkylation sites (tertiary alicyclic amines) is 1. The summed E-state index contributed by atoms with van der Waals surface area (Å²) in [6, 6.07) is 7.06. The van der Waals surface area contributed by atoms with E-state index in [1.54, 1.807) is 11.3 Å². The number of aromatic nitrogens is 1. The number of aryl methyl sites for hydroxylation is 1. The first kappa shape index (κ1) is 14.8. The van der Waals surface area contributed by atoms with Gasteiger partial charge in [0.1, 0.15) is 0 Å². The molecule has 3 nitrogen and oxygen atoms in total. The zero-order valence-electron chi connectivity index (χ0n) is 13.2. The van der Waals surface area contributed by atoms with E-state index in [2.05, 4.69) is 54.2 Å². The Morgan fingerprint density at radius 2 is 2.33 bits per heavy atom. The summed E-state index contributed by atoms with van der Waals surface area (Å²) in [6.07, 6.45) is 2.67. The quantitative estimate of drug-likeness (QED) is 0.920. The van der Waals surface area contributed by atoms with Crippen LogP contribution in [0.5, 0.6) is 0 Å². The van der Waals surface area contributed by atoms with Gasteiger partial charge in [-0.2, -0.15) is 0 Å². The Morgan fingerprint density at radius 3 is 3.14 bits per heavy atom. The smallest absolute Gasteiger partial charge is 0.0907 e. The van der Waals surface area contributed by atoms with Crippen LogP contribution >= 0.6 is 11.3 Å². The number of hydrogen-bond donors (Lipinski definition) is 1. The topological polar surface area (TPSA) is 28.2 Å². The molecule has 0 spiro atoms. The normalized spacial score (nSPS) is 21.6. The number of rotatable bonds is 4. The van der Waals surface area contributed by atoms with Crippen LogP contribution in [0.4, 0.5) is 5.69 Å². The molecule has 2 aromatic rings. The fourth-order valence-corrected chi connectivity index (χ4v) is 4.16. The summed E-state index contributed by atoms with van der Waals surface area (Å²) in [7, 11) is 0. The number of nitrogens with zero attached hydrogens (tertiary/aromatic N) is 2. The molecule has 1 aromatic carbocycles. The van der Waals surface area contributed by atoms with Crippen LogP contribution in [0.15, 0.2) is 18.2 Å². The van der Waals surface area contributed by atoms with Crippen molar-refractivity contribution in [2.24, 2.45) is 5.92 Å². The first-order valence-electron chi connectivity index (χ1n) is 8.02.